The summed E-state index contributed by atoms with van der Waals surface area (Å²) >= 11 is 3.46. The first-order chi connectivity index (χ1) is 8.36. The van der Waals surface area contributed by atoms with Crippen LogP contribution in [0, 0.1) is 5.92 Å². The Morgan fingerprint density at radius 3 is 2.22 bits per heavy atom. The van der Waals surface area contributed by atoms with Gasteiger partial charge in [-0.15, -0.1) is 0 Å². The van der Waals surface area contributed by atoms with Crippen LogP contribution in [-0.2, 0) is 5.41 Å². The van der Waals surface area contributed by atoms with Crippen LogP contribution in [0.2, 0.25) is 0 Å². The number of aliphatic hydroxyl groups excluding tert-OH is 1. The lowest BCUT2D eigenvalue weighted by Crippen LogP contribution is -2.43. The molecule has 0 amide bonds. The molecule has 0 aliphatic carbocycles. The maximum atomic E-state index is 9.33. The van der Waals surface area contributed by atoms with Crippen molar-refractivity contribution in [3.05, 3.63) is 34.3 Å². The molecule has 1 aromatic rings. The minimum absolute atomic E-state index is 0.0585. The van der Waals surface area contributed by atoms with E-state index < -0.39 is 0 Å². The van der Waals surface area contributed by atoms with E-state index in [0.717, 1.165) is 11.0 Å². The molecule has 0 fully saturated rings. The molecule has 2 nitrogen and oxygen atoms in total. The molecule has 3 heteroatoms. The summed E-state index contributed by atoms with van der Waals surface area (Å²) in [5.74, 6) is 0.440. The Morgan fingerprint density at radius 2 is 1.78 bits per heavy atom. The molecule has 0 spiro atoms. The van der Waals surface area contributed by atoms with Crippen molar-refractivity contribution in [2.75, 3.05) is 13.2 Å². The van der Waals surface area contributed by atoms with E-state index in [9.17, 15) is 5.11 Å². The van der Waals surface area contributed by atoms with Crippen molar-refractivity contribution in [3.8, 4) is 0 Å². The first-order valence-electron chi connectivity index (χ1n) is 6.47. The summed E-state index contributed by atoms with van der Waals surface area (Å²) in [6.45, 7) is 9.74. The van der Waals surface area contributed by atoms with Crippen LogP contribution in [0.3, 0.4) is 0 Å². The Labute approximate surface area is 119 Å². The molecule has 1 rings (SSSR count). The third kappa shape index (κ3) is 4.38. The molecule has 0 heterocycles. The van der Waals surface area contributed by atoms with E-state index in [-0.39, 0.29) is 18.1 Å². The van der Waals surface area contributed by atoms with Crippen molar-refractivity contribution in [1.29, 1.82) is 0 Å². The average Bonchev–Trinajstić information content (AvgIpc) is 2.29. The zero-order valence-electron chi connectivity index (χ0n) is 11.7. The third-order valence-corrected chi connectivity index (χ3v) is 3.96. The van der Waals surface area contributed by atoms with Crippen LogP contribution in [0.5, 0.6) is 0 Å². The van der Waals surface area contributed by atoms with Crippen molar-refractivity contribution in [3.63, 3.8) is 0 Å². The van der Waals surface area contributed by atoms with E-state index in [0.29, 0.717) is 5.92 Å². The van der Waals surface area contributed by atoms with E-state index in [1.54, 1.807) is 0 Å². The summed E-state index contributed by atoms with van der Waals surface area (Å²) in [4.78, 5) is 0. The normalized spacial score (nSPS) is 13.9. The number of rotatable bonds is 6. The van der Waals surface area contributed by atoms with Crippen molar-refractivity contribution >= 4 is 15.9 Å². The van der Waals surface area contributed by atoms with E-state index in [1.165, 1.54) is 5.56 Å². The van der Waals surface area contributed by atoms with E-state index in [1.807, 2.05) is 0 Å². The Bertz CT molecular complexity index is 359. The number of nitrogens with one attached hydrogen (secondary N) is 1. The molecule has 0 aliphatic heterocycles. The van der Waals surface area contributed by atoms with Crippen LogP contribution >= 0.6 is 15.9 Å². The zero-order chi connectivity index (χ0) is 13.8. The molecular weight excluding hydrogens is 290 g/mol. The van der Waals surface area contributed by atoms with Crippen LogP contribution in [0.25, 0.3) is 0 Å². The summed E-state index contributed by atoms with van der Waals surface area (Å²) in [5.41, 5.74) is 1.36. The predicted octanol–water partition coefficient (Wildman–Crippen LogP) is 3.33. The molecule has 1 aromatic carbocycles. The molecule has 1 unspecified atom stereocenters. The van der Waals surface area contributed by atoms with Gasteiger partial charge in [-0.3, -0.25) is 0 Å². The molecule has 0 aromatic heterocycles. The molecule has 18 heavy (non-hydrogen) atoms. The van der Waals surface area contributed by atoms with Crippen LogP contribution in [0.1, 0.15) is 33.3 Å². The van der Waals surface area contributed by atoms with Gasteiger partial charge in [-0.2, -0.15) is 0 Å². The van der Waals surface area contributed by atoms with Gasteiger partial charge in [-0.1, -0.05) is 55.8 Å². The summed E-state index contributed by atoms with van der Waals surface area (Å²) in [6, 6.07) is 8.61. The lowest BCUT2D eigenvalue weighted by Gasteiger charge is -2.30. The van der Waals surface area contributed by atoms with Gasteiger partial charge in [0.05, 0.1) is 6.61 Å². The molecule has 0 saturated carbocycles. The second kappa shape index (κ2) is 6.69. The summed E-state index contributed by atoms with van der Waals surface area (Å²) < 4.78 is 1.10. The molecular formula is C15H24BrNO. The largest absolute Gasteiger partial charge is 0.395 e. The van der Waals surface area contributed by atoms with Gasteiger partial charge in [0.25, 0.3) is 0 Å². The minimum Gasteiger partial charge on any atom is -0.395 e. The van der Waals surface area contributed by atoms with Crippen molar-refractivity contribution in [1.82, 2.24) is 5.32 Å². The maximum Gasteiger partial charge on any atom is 0.0587 e. The first-order valence-corrected chi connectivity index (χ1v) is 7.26. The number of hydrogen-bond donors (Lipinski definition) is 2. The fourth-order valence-corrected chi connectivity index (χ4v) is 2.16. The molecule has 0 saturated heterocycles. The van der Waals surface area contributed by atoms with Gasteiger partial charge in [0, 0.05) is 22.5 Å². The molecule has 0 aliphatic rings. The lowest BCUT2D eigenvalue weighted by atomic mass is 9.84. The fourth-order valence-electron chi connectivity index (χ4n) is 1.90. The summed E-state index contributed by atoms with van der Waals surface area (Å²) in [7, 11) is 0. The quantitative estimate of drug-likeness (QED) is 0.844. The van der Waals surface area contributed by atoms with Crippen molar-refractivity contribution in [2.24, 2.45) is 5.92 Å². The Hall–Kier alpha value is -0.380. The zero-order valence-corrected chi connectivity index (χ0v) is 13.3. The van der Waals surface area contributed by atoms with Crippen LogP contribution < -0.4 is 5.32 Å². The highest BCUT2D eigenvalue weighted by Crippen LogP contribution is 2.24. The lowest BCUT2D eigenvalue weighted by molar-refractivity contribution is 0.204. The topological polar surface area (TPSA) is 32.3 Å². The second-order valence-electron chi connectivity index (χ2n) is 5.80. The Morgan fingerprint density at radius 1 is 1.22 bits per heavy atom. The molecule has 102 valence electrons. The number of aliphatic hydroxyl groups is 1. The Balaban J connectivity index is 2.66. The van der Waals surface area contributed by atoms with Gasteiger partial charge >= 0.3 is 0 Å². The van der Waals surface area contributed by atoms with Gasteiger partial charge in [0.15, 0.2) is 0 Å². The molecule has 1 atom stereocenters. The monoisotopic (exact) mass is 313 g/mol. The highest BCUT2D eigenvalue weighted by Gasteiger charge is 2.22. The van der Waals surface area contributed by atoms with E-state index >= 15 is 0 Å². The first kappa shape index (κ1) is 15.7. The van der Waals surface area contributed by atoms with Gasteiger partial charge in [0.1, 0.15) is 0 Å². The number of benzene rings is 1. The SMILES string of the molecule is CC(C)C(CO)NCC(C)(C)c1ccc(Br)cc1. The molecule has 0 bridgehead atoms. The fraction of sp³-hybridized carbons (Fsp3) is 0.600. The molecule has 2 N–H and O–H groups in total. The van der Waals surface area contributed by atoms with E-state index in [4.69, 9.17) is 0 Å². The highest BCUT2D eigenvalue weighted by atomic mass is 79.9. The standard InChI is InChI=1S/C15H24BrNO/c1-11(2)14(9-18)17-10-15(3,4)12-5-7-13(16)8-6-12/h5-8,11,14,17-18H,9-10H2,1-4H3. The highest BCUT2D eigenvalue weighted by molar-refractivity contribution is 9.10. The van der Waals surface area contributed by atoms with Gasteiger partial charge in [-0.05, 0) is 23.6 Å². The molecule has 0 radical (unpaired) electrons. The average molecular weight is 314 g/mol. The van der Waals surface area contributed by atoms with E-state index in [2.05, 4.69) is 73.2 Å². The maximum absolute atomic E-state index is 9.33. The van der Waals surface area contributed by atoms with Gasteiger partial charge < -0.3 is 10.4 Å². The summed E-state index contributed by atoms with van der Waals surface area (Å²) in [5, 5.41) is 12.8. The smallest absolute Gasteiger partial charge is 0.0587 e. The Kier molecular flexibility index (Phi) is 5.83. The van der Waals surface area contributed by atoms with Crippen LogP contribution in [0.15, 0.2) is 28.7 Å². The van der Waals surface area contributed by atoms with Gasteiger partial charge in [0.2, 0.25) is 0 Å². The van der Waals surface area contributed by atoms with Gasteiger partial charge in [-0.25, -0.2) is 0 Å². The number of hydrogen-bond acceptors (Lipinski definition) is 2. The third-order valence-electron chi connectivity index (χ3n) is 3.43. The van der Waals surface area contributed by atoms with Crippen molar-refractivity contribution < 1.29 is 5.11 Å². The van der Waals surface area contributed by atoms with Crippen LogP contribution in [0.4, 0.5) is 0 Å². The minimum atomic E-state index is 0.0585. The predicted molar refractivity (Wildman–Crippen MR) is 80.9 cm³/mol. The van der Waals surface area contributed by atoms with Crippen LogP contribution in [-0.4, -0.2) is 24.3 Å². The van der Waals surface area contributed by atoms with Crippen molar-refractivity contribution in [2.45, 2.75) is 39.2 Å². The number of halogens is 1. The summed E-state index contributed by atoms with van der Waals surface area (Å²) in [6.07, 6.45) is 0. The second-order valence-corrected chi connectivity index (χ2v) is 6.72.